The summed E-state index contributed by atoms with van der Waals surface area (Å²) >= 11 is 0. The van der Waals surface area contributed by atoms with E-state index in [9.17, 15) is 14.7 Å². The Balaban J connectivity index is 1.48. The normalized spacial score (nSPS) is 12.1. The van der Waals surface area contributed by atoms with Gasteiger partial charge < -0.3 is 9.84 Å². The number of rotatable bonds is 5. The van der Waals surface area contributed by atoms with E-state index >= 15 is 0 Å². The Kier molecular flexibility index (Phi) is 5.12. The molecule has 0 aromatic heterocycles. The predicted molar refractivity (Wildman–Crippen MR) is 110 cm³/mol. The van der Waals surface area contributed by atoms with Gasteiger partial charge in [0.2, 0.25) is 0 Å². The zero-order valence-electron chi connectivity index (χ0n) is 15.6. The van der Waals surface area contributed by atoms with Crippen molar-refractivity contribution in [2.45, 2.75) is 13.0 Å². The summed E-state index contributed by atoms with van der Waals surface area (Å²) in [4.78, 5) is 23.6. The largest absolute Gasteiger partial charge is 0.477 e. The van der Waals surface area contributed by atoms with Crippen molar-refractivity contribution in [2.24, 2.45) is 0 Å². The summed E-state index contributed by atoms with van der Waals surface area (Å²) in [5.41, 5.74) is 6.04. The average molecular weight is 385 g/mol. The van der Waals surface area contributed by atoms with Crippen LogP contribution in [0.25, 0.3) is 17.2 Å². The number of carbonyl (C=O) groups excluding carboxylic acids is 1. The van der Waals surface area contributed by atoms with Gasteiger partial charge >= 0.3 is 12.1 Å². The molecule has 144 valence electrons. The number of nitrogens with one attached hydrogen (secondary N) is 1. The molecule has 3 aromatic rings. The van der Waals surface area contributed by atoms with Crippen LogP contribution in [-0.2, 0) is 22.6 Å². The third kappa shape index (κ3) is 4.19. The molecule has 1 aliphatic rings. The van der Waals surface area contributed by atoms with Crippen molar-refractivity contribution >= 4 is 18.1 Å². The van der Waals surface area contributed by atoms with E-state index in [-0.39, 0.29) is 12.3 Å². The summed E-state index contributed by atoms with van der Waals surface area (Å²) in [7, 11) is 0. The highest BCUT2D eigenvalue weighted by atomic mass is 16.5. The molecule has 0 saturated heterocycles. The Bertz CT molecular complexity index is 1100. The van der Waals surface area contributed by atoms with Gasteiger partial charge in [-0.1, -0.05) is 72.8 Å². The van der Waals surface area contributed by atoms with Gasteiger partial charge in [0.1, 0.15) is 12.3 Å². The van der Waals surface area contributed by atoms with Crippen molar-refractivity contribution < 1.29 is 19.4 Å². The fourth-order valence-corrected chi connectivity index (χ4v) is 3.44. The van der Waals surface area contributed by atoms with Crippen LogP contribution in [0.15, 0.2) is 78.5 Å². The van der Waals surface area contributed by atoms with Crippen molar-refractivity contribution in [2.75, 3.05) is 0 Å². The molecule has 0 spiro atoms. The highest BCUT2D eigenvalue weighted by Crippen LogP contribution is 2.36. The molecule has 0 atom stereocenters. The van der Waals surface area contributed by atoms with E-state index in [0.29, 0.717) is 5.56 Å². The van der Waals surface area contributed by atoms with Crippen LogP contribution in [0.4, 0.5) is 4.79 Å². The first-order chi connectivity index (χ1) is 14.1. The summed E-state index contributed by atoms with van der Waals surface area (Å²) in [6.07, 6.45) is 1.44. The maximum atomic E-state index is 12.0. The molecule has 0 bridgehead atoms. The highest BCUT2D eigenvalue weighted by molar-refractivity contribution is 5.95. The lowest BCUT2D eigenvalue weighted by Gasteiger charge is -2.08. The van der Waals surface area contributed by atoms with E-state index in [1.54, 1.807) is 0 Å². The van der Waals surface area contributed by atoms with Gasteiger partial charge in [-0.3, -0.25) is 5.32 Å². The van der Waals surface area contributed by atoms with Gasteiger partial charge in [-0.15, -0.1) is 0 Å². The molecule has 4 rings (SSSR count). The van der Waals surface area contributed by atoms with Crippen molar-refractivity contribution in [1.82, 2.24) is 5.32 Å². The zero-order chi connectivity index (χ0) is 20.2. The van der Waals surface area contributed by atoms with E-state index < -0.39 is 12.1 Å². The molecule has 2 N–H and O–H groups in total. The molecule has 0 saturated carbocycles. The number of carbonyl (C=O) groups is 2. The second-order valence-electron chi connectivity index (χ2n) is 6.80. The molecule has 5 nitrogen and oxygen atoms in total. The molecule has 0 aliphatic heterocycles. The quantitative estimate of drug-likeness (QED) is 0.492. The van der Waals surface area contributed by atoms with Crippen LogP contribution in [-0.4, -0.2) is 17.2 Å². The fraction of sp³-hybridized carbons (Fsp3) is 0.0833. The minimum absolute atomic E-state index is 0.0661. The number of aliphatic carboxylic acids is 1. The van der Waals surface area contributed by atoms with Crippen LogP contribution in [0.5, 0.6) is 0 Å². The van der Waals surface area contributed by atoms with Crippen LogP contribution in [0, 0.1) is 0 Å². The standard InChI is InChI=1S/C24H19NO4/c26-23(27)22(25-24(28)29-15-16-6-2-1-3-7-16)13-17-10-11-21-19(12-17)14-18-8-4-5-9-20(18)21/h1-13H,14-15H2,(H,25,28)(H,26,27)/b22-13+. The van der Waals surface area contributed by atoms with Crippen molar-refractivity contribution in [3.63, 3.8) is 0 Å². The Hall–Kier alpha value is -3.86. The third-order valence-electron chi connectivity index (χ3n) is 4.81. The van der Waals surface area contributed by atoms with E-state index in [0.717, 1.165) is 23.1 Å². The van der Waals surface area contributed by atoms with Gasteiger partial charge in [0.25, 0.3) is 0 Å². The van der Waals surface area contributed by atoms with Crippen molar-refractivity contribution in [3.8, 4) is 11.1 Å². The lowest BCUT2D eigenvalue weighted by Crippen LogP contribution is -2.27. The molecule has 0 fully saturated rings. The molecule has 0 radical (unpaired) electrons. The summed E-state index contributed by atoms with van der Waals surface area (Å²) in [5.74, 6) is -1.23. The SMILES string of the molecule is O=C(N/C(=C/c1ccc2c(c1)Cc1ccccc1-2)C(=O)O)OCc1ccccc1. The zero-order valence-corrected chi connectivity index (χ0v) is 15.6. The fourth-order valence-electron chi connectivity index (χ4n) is 3.44. The van der Waals surface area contributed by atoms with E-state index in [4.69, 9.17) is 4.74 Å². The van der Waals surface area contributed by atoms with Crippen molar-refractivity contribution in [1.29, 1.82) is 0 Å². The lowest BCUT2D eigenvalue weighted by atomic mass is 10.0. The molecule has 3 aromatic carbocycles. The number of carboxylic acid groups (broad SMARTS) is 1. The number of ether oxygens (including phenoxy) is 1. The second kappa shape index (κ2) is 8.02. The topological polar surface area (TPSA) is 75.6 Å². The maximum absolute atomic E-state index is 12.0. The van der Waals surface area contributed by atoms with Crippen molar-refractivity contribution in [3.05, 3.63) is 101 Å². The minimum Gasteiger partial charge on any atom is -0.477 e. The Morgan fingerprint density at radius 3 is 2.45 bits per heavy atom. The number of carboxylic acids is 1. The van der Waals surface area contributed by atoms with Gasteiger partial charge in [-0.2, -0.15) is 0 Å². The van der Waals surface area contributed by atoms with Crippen LogP contribution in [0.1, 0.15) is 22.3 Å². The molecule has 1 amide bonds. The molecule has 0 heterocycles. The van der Waals surface area contributed by atoms with Crippen LogP contribution in [0.2, 0.25) is 0 Å². The lowest BCUT2D eigenvalue weighted by molar-refractivity contribution is -0.132. The maximum Gasteiger partial charge on any atom is 0.412 e. The summed E-state index contributed by atoms with van der Waals surface area (Å²) in [6.45, 7) is 0.0661. The molecular weight excluding hydrogens is 366 g/mol. The van der Waals surface area contributed by atoms with Crippen LogP contribution in [0.3, 0.4) is 0 Å². The number of hydrogen-bond acceptors (Lipinski definition) is 3. The van der Waals surface area contributed by atoms with E-state index in [2.05, 4.69) is 17.4 Å². The predicted octanol–water partition coefficient (Wildman–Crippen LogP) is 4.61. The number of benzene rings is 3. The summed E-state index contributed by atoms with van der Waals surface area (Å²) in [5, 5.41) is 11.8. The first kappa shape index (κ1) is 18.5. The van der Waals surface area contributed by atoms with Gasteiger partial charge in [0.15, 0.2) is 0 Å². The molecule has 29 heavy (non-hydrogen) atoms. The van der Waals surface area contributed by atoms with Gasteiger partial charge in [-0.05, 0) is 45.9 Å². The number of alkyl carbamates (subject to hydrolysis) is 1. The molecular formula is C24H19NO4. The van der Waals surface area contributed by atoms with Gasteiger partial charge in [-0.25, -0.2) is 9.59 Å². The number of amides is 1. The first-order valence-corrected chi connectivity index (χ1v) is 9.24. The summed E-state index contributed by atoms with van der Waals surface area (Å²) < 4.78 is 5.11. The Morgan fingerprint density at radius 1 is 0.931 bits per heavy atom. The minimum atomic E-state index is -1.23. The Labute approximate surface area is 168 Å². The van der Waals surface area contributed by atoms with Crippen LogP contribution >= 0.6 is 0 Å². The second-order valence-corrected chi connectivity index (χ2v) is 6.80. The highest BCUT2D eigenvalue weighted by Gasteiger charge is 2.18. The monoisotopic (exact) mass is 385 g/mol. The smallest absolute Gasteiger partial charge is 0.412 e. The number of fused-ring (bicyclic) bond motifs is 3. The van der Waals surface area contributed by atoms with E-state index in [1.807, 2.05) is 60.7 Å². The average Bonchev–Trinajstić information content (AvgIpc) is 3.10. The van der Waals surface area contributed by atoms with Gasteiger partial charge in [0.05, 0.1) is 0 Å². The first-order valence-electron chi connectivity index (χ1n) is 9.24. The third-order valence-corrected chi connectivity index (χ3v) is 4.81. The number of hydrogen-bond donors (Lipinski definition) is 2. The molecule has 5 heteroatoms. The van der Waals surface area contributed by atoms with Gasteiger partial charge in [0, 0.05) is 0 Å². The molecule has 0 unspecified atom stereocenters. The van der Waals surface area contributed by atoms with Crippen LogP contribution < -0.4 is 5.32 Å². The Morgan fingerprint density at radius 2 is 1.66 bits per heavy atom. The van der Waals surface area contributed by atoms with E-state index in [1.165, 1.54) is 17.2 Å². The molecule has 1 aliphatic carbocycles. The summed E-state index contributed by atoms with van der Waals surface area (Å²) in [6, 6.07) is 23.2.